The number of aromatic nitrogens is 3. The molecule has 5 aromatic rings. The lowest BCUT2D eigenvalue weighted by Crippen LogP contribution is -2.19. The molecule has 0 spiro atoms. The number of pyridine rings is 1. The maximum Gasteiger partial charge on any atom is 0.143 e. The third-order valence-corrected chi connectivity index (χ3v) is 7.99. The molecule has 0 atom stereocenters. The van der Waals surface area contributed by atoms with Crippen LogP contribution < -0.4 is 10.6 Å². The molecule has 2 aliphatic heterocycles. The molecule has 0 fully saturated rings. The van der Waals surface area contributed by atoms with Gasteiger partial charge in [0.15, 0.2) is 0 Å². The number of hydrogen-bond acceptors (Lipinski definition) is 9. The fourth-order valence-corrected chi connectivity index (χ4v) is 6.34. The quantitative estimate of drug-likeness (QED) is 0.320. The van der Waals surface area contributed by atoms with Crippen molar-refractivity contribution in [1.82, 2.24) is 25.6 Å². The van der Waals surface area contributed by atoms with Crippen LogP contribution in [-0.4, -0.2) is 52.8 Å². The van der Waals surface area contributed by atoms with Gasteiger partial charge in [0.25, 0.3) is 0 Å². The van der Waals surface area contributed by atoms with Gasteiger partial charge in [0, 0.05) is 36.0 Å². The second-order valence-corrected chi connectivity index (χ2v) is 10.2. The summed E-state index contributed by atoms with van der Waals surface area (Å²) in [7, 11) is 0. The molecule has 0 saturated carbocycles. The lowest BCUT2D eigenvalue weighted by molar-refractivity contribution is 0.960. The summed E-state index contributed by atoms with van der Waals surface area (Å²) in [6.45, 7) is 3.45. The molecule has 2 N–H and O–H groups in total. The van der Waals surface area contributed by atoms with E-state index < -0.39 is 0 Å². The molecule has 7 nitrogen and oxygen atoms in total. The van der Waals surface area contributed by atoms with Crippen LogP contribution >= 0.6 is 47.5 Å². The molecule has 0 unspecified atom stereocenters. The van der Waals surface area contributed by atoms with Crippen LogP contribution in [0.15, 0.2) is 64.7 Å². The molecule has 2 aliphatic rings. The molecule has 7 rings (SSSR count). The first-order chi connectivity index (χ1) is 16.8. The Morgan fingerprint density at radius 2 is 1.28 bits per heavy atom. The highest BCUT2D eigenvalue weighted by Crippen LogP contribution is 2.38. The molecule has 182 valence electrons. The van der Waals surface area contributed by atoms with Crippen molar-refractivity contribution in [2.75, 3.05) is 26.2 Å². The van der Waals surface area contributed by atoms with Crippen molar-refractivity contribution in [3.63, 3.8) is 0 Å². The normalized spacial score (nSPS) is 14.6. The Hall–Kier alpha value is -3.11. The van der Waals surface area contributed by atoms with E-state index in [-0.39, 0.29) is 24.8 Å². The van der Waals surface area contributed by atoms with Crippen molar-refractivity contribution in [1.29, 1.82) is 0 Å². The SMILES string of the molecule is Cl.Cl.c1cnc(-c2nc3ccc(C4=NCCN4)cc3s2)c(-c2nc3ccc(C4=NCCN4)cc3s2)c1. The molecule has 11 heteroatoms. The van der Waals surface area contributed by atoms with Crippen LogP contribution in [-0.2, 0) is 0 Å². The molecule has 2 aromatic carbocycles. The van der Waals surface area contributed by atoms with E-state index in [0.717, 1.165) is 90.7 Å². The maximum absolute atomic E-state index is 4.93. The van der Waals surface area contributed by atoms with Gasteiger partial charge in [-0.05, 0) is 48.5 Å². The Kier molecular flexibility index (Phi) is 6.90. The van der Waals surface area contributed by atoms with E-state index in [9.17, 15) is 0 Å². The number of benzene rings is 2. The Bertz CT molecular complexity index is 1520. The Morgan fingerprint density at radius 1 is 0.694 bits per heavy atom. The van der Waals surface area contributed by atoms with Gasteiger partial charge in [-0.2, -0.15) is 0 Å². The second kappa shape index (κ2) is 10.1. The van der Waals surface area contributed by atoms with Crippen LogP contribution in [0, 0.1) is 0 Å². The van der Waals surface area contributed by atoms with Gasteiger partial charge in [-0.3, -0.25) is 15.0 Å². The van der Waals surface area contributed by atoms with E-state index in [1.54, 1.807) is 22.7 Å². The Balaban J connectivity index is 0.00000133. The molecule has 5 heterocycles. The van der Waals surface area contributed by atoms with E-state index in [2.05, 4.69) is 63.1 Å². The van der Waals surface area contributed by atoms with Crippen molar-refractivity contribution in [3.05, 3.63) is 65.9 Å². The molecule has 0 radical (unpaired) electrons. The molecule has 0 saturated heterocycles. The van der Waals surface area contributed by atoms with Gasteiger partial charge in [-0.1, -0.05) is 0 Å². The number of nitrogens with zero attached hydrogens (tertiary/aromatic N) is 5. The zero-order valence-electron chi connectivity index (χ0n) is 18.9. The van der Waals surface area contributed by atoms with Crippen molar-refractivity contribution < 1.29 is 0 Å². The third-order valence-electron chi connectivity index (χ3n) is 5.91. The first-order valence-electron chi connectivity index (χ1n) is 11.2. The van der Waals surface area contributed by atoms with E-state index in [4.69, 9.17) is 15.0 Å². The van der Waals surface area contributed by atoms with Crippen molar-refractivity contribution >= 4 is 79.6 Å². The van der Waals surface area contributed by atoms with Gasteiger partial charge < -0.3 is 10.6 Å². The zero-order valence-corrected chi connectivity index (χ0v) is 22.2. The topological polar surface area (TPSA) is 87.5 Å². The average Bonchev–Trinajstić information content (AvgIpc) is 3.69. The highest BCUT2D eigenvalue weighted by atomic mass is 35.5. The predicted molar refractivity (Wildman–Crippen MR) is 155 cm³/mol. The van der Waals surface area contributed by atoms with Gasteiger partial charge in [0.2, 0.25) is 0 Å². The zero-order chi connectivity index (χ0) is 22.5. The molecular formula is C25H21Cl2N7S2. The second-order valence-electron chi connectivity index (χ2n) is 8.12. The van der Waals surface area contributed by atoms with Gasteiger partial charge in [0.05, 0.1) is 33.5 Å². The molecule has 0 bridgehead atoms. The first kappa shape index (κ1) is 24.6. The summed E-state index contributed by atoms with van der Waals surface area (Å²) >= 11 is 3.33. The highest BCUT2D eigenvalue weighted by Gasteiger charge is 2.18. The van der Waals surface area contributed by atoms with E-state index in [0.29, 0.717) is 0 Å². The van der Waals surface area contributed by atoms with Gasteiger partial charge in [-0.25, -0.2) is 9.97 Å². The third kappa shape index (κ3) is 4.32. The lowest BCUT2D eigenvalue weighted by atomic mass is 10.2. The van der Waals surface area contributed by atoms with Gasteiger partial charge in [-0.15, -0.1) is 47.5 Å². The summed E-state index contributed by atoms with van der Waals surface area (Å²) in [4.78, 5) is 23.6. The predicted octanol–water partition coefficient (Wildman–Crippen LogP) is 5.18. The number of fused-ring (bicyclic) bond motifs is 2. The van der Waals surface area contributed by atoms with Crippen LogP contribution in [0.2, 0.25) is 0 Å². The fourth-order valence-electron chi connectivity index (χ4n) is 4.29. The van der Waals surface area contributed by atoms with Crippen molar-refractivity contribution in [2.45, 2.75) is 0 Å². The average molecular weight is 555 g/mol. The summed E-state index contributed by atoms with van der Waals surface area (Å²) in [6, 6.07) is 16.7. The smallest absolute Gasteiger partial charge is 0.143 e. The maximum atomic E-state index is 4.93. The van der Waals surface area contributed by atoms with E-state index in [1.807, 2.05) is 12.3 Å². The summed E-state index contributed by atoms with van der Waals surface area (Å²) < 4.78 is 2.26. The minimum absolute atomic E-state index is 0. The largest absolute Gasteiger partial charge is 0.368 e. The minimum atomic E-state index is 0. The van der Waals surface area contributed by atoms with Crippen molar-refractivity contribution in [2.24, 2.45) is 9.98 Å². The Labute approximate surface area is 227 Å². The molecule has 3 aromatic heterocycles. The van der Waals surface area contributed by atoms with Gasteiger partial charge >= 0.3 is 0 Å². The van der Waals surface area contributed by atoms with Crippen LogP contribution in [0.25, 0.3) is 41.7 Å². The van der Waals surface area contributed by atoms with Gasteiger partial charge in [0.1, 0.15) is 27.4 Å². The number of thiazole rings is 2. The summed E-state index contributed by atoms with van der Waals surface area (Å²) in [5.41, 5.74) is 6.03. The number of rotatable bonds is 4. The van der Waals surface area contributed by atoms with E-state index in [1.165, 1.54) is 0 Å². The van der Waals surface area contributed by atoms with Crippen LogP contribution in [0.1, 0.15) is 11.1 Å². The van der Waals surface area contributed by atoms with E-state index >= 15 is 0 Å². The lowest BCUT2D eigenvalue weighted by Gasteiger charge is -2.02. The number of halogens is 2. The molecule has 0 amide bonds. The molecule has 36 heavy (non-hydrogen) atoms. The highest BCUT2D eigenvalue weighted by molar-refractivity contribution is 7.22. The van der Waals surface area contributed by atoms with Crippen LogP contribution in [0.3, 0.4) is 0 Å². The number of amidine groups is 2. The monoisotopic (exact) mass is 553 g/mol. The summed E-state index contributed by atoms with van der Waals surface area (Å²) in [5, 5.41) is 8.53. The van der Waals surface area contributed by atoms with Crippen molar-refractivity contribution in [3.8, 4) is 21.3 Å². The first-order valence-corrected chi connectivity index (χ1v) is 12.8. The van der Waals surface area contributed by atoms with Crippen LogP contribution in [0.4, 0.5) is 0 Å². The minimum Gasteiger partial charge on any atom is -0.368 e. The molecule has 0 aliphatic carbocycles. The number of nitrogens with one attached hydrogen (secondary N) is 2. The fraction of sp³-hybridized carbons (Fsp3) is 0.160. The number of aliphatic imine (C=N–C) groups is 2. The van der Waals surface area contributed by atoms with Crippen LogP contribution in [0.5, 0.6) is 0 Å². The Morgan fingerprint density at radius 3 is 1.86 bits per heavy atom. The summed E-state index contributed by atoms with van der Waals surface area (Å²) in [5.74, 6) is 1.93. The number of hydrogen-bond donors (Lipinski definition) is 2. The summed E-state index contributed by atoms with van der Waals surface area (Å²) in [6.07, 6.45) is 1.82. The standard InChI is InChI=1S/C25H19N7S2.2ClH/c1-2-16(24-31-17-5-3-14(12-19(17)33-24)22-27-8-9-28-22)21(26-7-1)25-32-18-6-4-15(13-20(18)34-25)23-29-10-11-30-23;;/h1-7,12-13H,8-11H2,(H,27,28)(H,29,30);2*1H. The molecular weight excluding hydrogens is 533 g/mol.